The highest BCUT2D eigenvalue weighted by atomic mass is 16.5. The number of anilines is 3. The van der Waals surface area contributed by atoms with Crippen LogP contribution in [-0.4, -0.2) is 61.2 Å². The molecule has 2 fully saturated rings. The molecule has 2 saturated heterocycles. The van der Waals surface area contributed by atoms with E-state index in [1.54, 1.807) is 6.92 Å². The SMILES string of the molecule is CC(=O)N1CCC(Nc2cc(N)nc(N3CCOCC3)c2)CC1. The Kier molecular flexibility index (Phi) is 4.85. The fraction of sp³-hybridized carbons (Fsp3) is 0.625. The highest BCUT2D eigenvalue weighted by molar-refractivity contribution is 5.73. The lowest BCUT2D eigenvalue weighted by atomic mass is 10.0. The number of ether oxygens (including phenoxy) is 1. The third-order valence-corrected chi connectivity index (χ3v) is 4.48. The van der Waals surface area contributed by atoms with Gasteiger partial charge in [0, 0.05) is 57.0 Å². The number of piperidine rings is 1. The number of likely N-dealkylation sites (tertiary alicyclic amines) is 1. The Morgan fingerprint density at radius 2 is 1.96 bits per heavy atom. The fourth-order valence-corrected chi connectivity index (χ4v) is 3.15. The van der Waals surface area contributed by atoms with Crippen LogP contribution in [0.25, 0.3) is 0 Å². The number of hydrogen-bond acceptors (Lipinski definition) is 6. The Labute approximate surface area is 136 Å². The summed E-state index contributed by atoms with van der Waals surface area (Å²) in [4.78, 5) is 19.9. The summed E-state index contributed by atoms with van der Waals surface area (Å²) in [6, 6.07) is 4.30. The van der Waals surface area contributed by atoms with Crippen LogP contribution in [-0.2, 0) is 9.53 Å². The number of hydrogen-bond donors (Lipinski definition) is 2. The van der Waals surface area contributed by atoms with E-state index < -0.39 is 0 Å². The smallest absolute Gasteiger partial charge is 0.219 e. The number of nitrogens with two attached hydrogens (primary N) is 1. The number of carbonyl (C=O) groups is 1. The summed E-state index contributed by atoms with van der Waals surface area (Å²) in [5, 5.41) is 3.54. The first kappa shape index (κ1) is 15.9. The van der Waals surface area contributed by atoms with Crippen molar-refractivity contribution in [2.45, 2.75) is 25.8 Å². The zero-order valence-electron chi connectivity index (χ0n) is 13.6. The van der Waals surface area contributed by atoms with Crippen molar-refractivity contribution in [2.75, 3.05) is 55.3 Å². The van der Waals surface area contributed by atoms with Gasteiger partial charge < -0.3 is 25.6 Å². The van der Waals surface area contributed by atoms with E-state index in [1.165, 1.54) is 0 Å². The van der Waals surface area contributed by atoms with Crippen molar-refractivity contribution in [3.05, 3.63) is 12.1 Å². The van der Waals surface area contributed by atoms with E-state index >= 15 is 0 Å². The van der Waals surface area contributed by atoms with E-state index in [9.17, 15) is 4.79 Å². The molecule has 23 heavy (non-hydrogen) atoms. The standard InChI is InChI=1S/C16H25N5O2/c1-12(22)20-4-2-13(3-5-20)18-14-10-15(17)19-16(11-14)21-6-8-23-9-7-21/h10-11,13H,2-9H2,1H3,(H3,17,18,19). The predicted molar refractivity (Wildman–Crippen MR) is 90.6 cm³/mol. The Morgan fingerprint density at radius 3 is 2.61 bits per heavy atom. The third kappa shape index (κ3) is 4.04. The van der Waals surface area contributed by atoms with Crippen LogP contribution in [0.3, 0.4) is 0 Å². The van der Waals surface area contributed by atoms with Crippen molar-refractivity contribution in [1.29, 1.82) is 0 Å². The van der Waals surface area contributed by atoms with Crippen molar-refractivity contribution in [3.8, 4) is 0 Å². The minimum absolute atomic E-state index is 0.159. The first-order valence-electron chi connectivity index (χ1n) is 8.24. The van der Waals surface area contributed by atoms with Gasteiger partial charge in [-0.1, -0.05) is 0 Å². The van der Waals surface area contributed by atoms with Crippen LogP contribution in [0.15, 0.2) is 12.1 Å². The molecular formula is C16H25N5O2. The third-order valence-electron chi connectivity index (χ3n) is 4.48. The van der Waals surface area contributed by atoms with Crippen LogP contribution >= 0.6 is 0 Å². The van der Waals surface area contributed by atoms with Gasteiger partial charge in [0.25, 0.3) is 0 Å². The molecule has 0 aromatic carbocycles. The maximum Gasteiger partial charge on any atom is 0.219 e. The van der Waals surface area contributed by atoms with Gasteiger partial charge in [-0.3, -0.25) is 4.79 Å². The van der Waals surface area contributed by atoms with Gasteiger partial charge in [-0.05, 0) is 12.8 Å². The maximum atomic E-state index is 11.4. The summed E-state index contributed by atoms with van der Waals surface area (Å²) in [5.74, 6) is 1.58. The second-order valence-electron chi connectivity index (χ2n) is 6.16. The number of pyridine rings is 1. The van der Waals surface area contributed by atoms with Crippen LogP contribution in [0.2, 0.25) is 0 Å². The van der Waals surface area contributed by atoms with Crippen LogP contribution in [0.5, 0.6) is 0 Å². The van der Waals surface area contributed by atoms with Crippen molar-refractivity contribution in [1.82, 2.24) is 9.88 Å². The molecule has 1 amide bonds. The summed E-state index contributed by atoms with van der Waals surface area (Å²) in [6.45, 7) is 6.38. The molecule has 0 radical (unpaired) electrons. The molecule has 2 aliphatic rings. The second-order valence-corrected chi connectivity index (χ2v) is 6.16. The topological polar surface area (TPSA) is 83.7 Å². The summed E-state index contributed by atoms with van der Waals surface area (Å²) in [7, 11) is 0. The first-order valence-corrected chi connectivity index (χ1v) is 8.24. The van der Waals surface area contributed by atoms with Crippen molar-refractivity contribution >= 4 is 23.2 Å². The molecule has 1 aromatic rings. The molecule has 1 aromatic heterocycles. The average molecular weight is 319 g/mol. The van der Waals surface area contributed by atoms with Gasteiger partial charge in [-0.15, -0.1) is 0 Å². The summed E-state index contributed by atoms with van der Waals surface area (Å²) < 4.78 is 5.38. The van der Waals surface area contributed by atoms with Gasteiger partial charge in [-0.25, -0.2) is 4.98 Å². The quantitative estimate of drug-likeness (QED) is 0.862. The molecule has 0 unspecified atom stereocenters. The highest BCUT2D eigenvalue weighted by Crippen LogP contribution is 2.23. The molecule has 2 aliphatic heterocycles. The minimum Gasteiger partial charge on any atom is -0.384 e. The number of nitrogen functional groups attached to an aromatic ring is 1. The van der Waals surface area contributed by atoms with Crippen molar-refractivity contribution in [2.24, 2.45) is 0 Å². The summed E-state index contributed by atoms with van der Waals surface area (Å²) >= 11 is 0. The van der Waals surface area contributed by atoms with Crippen LogP contribution in [0.1, 0.15) is 19.8 Å². The molecule has 3 N–H and O–H groups in total. The van der Waals surface area contributed by atoms with Gasteiger partial charge in [-0.2, -0.15) is 0 Å². The normalized spacial score (nSPS) is 19.7. The van der Waals surface area contributed by atoms with E-state index in [0.29, 0.717) is 11.9 Å². The van der Waals surface area contributed by atoms with Gasteiger partial charge in [0.1, 0.15) is 11.6 Å². The zero-order chi connectivity index (χ0) is 16.2. The molecule has 7 heteroatoms. The fourth-order valence-electron chi connectivity index (χ4n) is 3.15. The van der Waals surface area contributed by atoms with Crippen LogP contribution < -0.4 is 16.0 Å². The van der Waals surface area contributed by atoms with Gasteiger partial charge in [0.15, 0.2) is 0 Å². The lowest BCUT2D eigenvalue weighted by Crippen LogP contribution is -2.41. The molecule has 0 bridgehead atoms. The van der Waals surface area contributed by atoms with Crippen molar-refractivity contribution in [3.63, 3.8) is 0 Å². The number of aromatic nitrogens is 1. The predicted octanol–water partition coefficient (Wildman–Crippen LogP) is 0.923. The minimum atomic E-state index is 0.159. The summed E-state index contributed by atoms with van der Waals surface area (Å²) in [5.41, 5.74) is 6.97. The van der Waals surface area contributed by atoms with Gasteiger partial charge in [0.05, 0.1) is 13.2 Å². The number of morpholine rings is 1. The van der Waals surface area contributed by atoms with Gasteiger partial charge >= 0.3 is 0 Å². The second kappa shape index (κ2) is 7.04. The maximum absolute atomic E-state index is 11.4. The molecule has 0 aliphatic carbocycles. The summed E-state index contributed by atoms with van der Waals surface area (Å²) in [6.07, 6.45) is 1.91. The first-order chi connectivity index (χ1) is 11.1. The average Bonchev–Trinajstić information content (AvgIpc) is 2.55. The molecule has 3 heterocycles. The molecule has 7 nitrogen and oxygen atoms in total. The molecular weight excluding hydrogens is 294 g/mol. The van der Waals surface area contributed by atoms with E-state index in [4.69, 9.17) is 10.5 Å². The monoisotopic (exact) mass is 319 g/mol. The zero-order valence-corrected chi connectivity index (χ0v) is 13.6. The number of nitrogens with zero attached hydrogens (tertiary/aromatic N) is 3. The molecule has 3 rings (SSSR count). The molecule has 126 valence electrons. The number of nitrogens with one attached hydrogen (secondary N) is 1. The Bertz CT molecular complexity index is 551. The Balaban J connectivity index is 1.64. The number of carbonyl (C=O) groups excluding carboxylic acids is 1. The molecule has 0 saturated carbocycles. The number of rotatable bonds is 3. The Hall–Kier alpha value is -2.02. The Morgan fingerprint density at radius 1 is 1.26 bits per heavy atom. The van der Waals surface area contributed by atoms with Crippen molar-refractivity contribution < 1.29 is 9.53 Å². The van der Waals surface area contributed by atoms with E-state index in [2.05, 4.69) is 21.3 Å². The largest absolute Gasteiger partial charge is 0.384 e. The lowest BCUT2D eigenvalue weighted by Gasteiger charge is -2.33. The molecule has 0 spiro atoms. The number of amides is 1. The van der Waals surface area contributed by atoms with Crippen LogP contribution in [0, 0.1) is 0 Å². The van der Waals surface area contributed by atoms with Crippen LogP contribution in [0.4, 0.5) is 17.3 Å². The molecule has 0 atom stereocenters. The highest BCUT2D eigenvalue weighted by Gasteiger charge is 2.21. The van der Waals surface area contributed by atoms with E-state index in [0.717, 1.165) is 63.7 Å². The lowest BCUT2D eigenvalue weighted by molar-refractivity contribution is -0.129. The van der Waals surface area contributed by atoms with E-state index in [1.807, 2.05) is 11.0 Å². The van der Waals surface area contributed by atoms with E-state index in [-0.39, 0.29) is 5.91 Å². The van der Waals surface area contributed by atoms with Gasteiger partial charge in [0.2, 0.25) is 5.91 Å².